The van der Waals surface area contributed by atoms with E-state index in [9.17, 15) is 12.8 Å². The number of hydrogen-bond acceptors (Lipinski definition) is 5. The number of morpholine rings is 1. The molecule has 8 heteroatoms. The van der Waals surface area contributed by atoms with Crippen molar-refractivity contribution in [3.05, 3.63) is 72.0 Å². The minimum Gasteiger partial charge on any atom is -0.493 e. The molecule has 3 aromatic rings. The van der Waals surface area contributed by atoms with Gasteiger partial charge in [0.15, 0.2) is 0 Å². The van der Waals surface area contributed by atoms with E-state index in [0.29, 0.717) is 44.0 Å². The van der Waals surface area contributed by atoms with Gasteiger partial charge in [0.1, 0.15) is 11.6 Å². The van der Waals surface area contributed by atoms with Gasteiger partial charge in [-0.05, 0) is 36.8 Å². The second-order valence-electron chi connectivity index (χ2n) is 7.61. The molecule has 170 valence electrons. The molecule has 0 spiro atoms. The molecule has 1 N–H and O–H groups in total. The molecule has 0 aromatic heterocycles. The van der Waals surface area contributed by atoms with Crippen LogP contribution in [0, 0.1) is 5.82 Å². The third kappa shape index (κ3) is 4.94. The van der Waals surface area contributed by atoms with Gasteiger partial charge in [0.25, 0.3) is 0 Å². The molecule has 4 rings (SSSR count). The van der Waals surface area contributed by atoms with Crippen LogP contribution in [-0.2, 0) is 14.8 Å². The van der Waals surface area contributed by atoms with Gasteiger partial charge in [0.2, 0.25) is 10.0 Å². The Morgan fingerprint density at radius 1 is 1.06 bits per heavy atom. The number of nitrogens with one attached hydrogen (secondary N) is 1. The van der Waals surface area contributed by atoms with Crippen LogP contribution in [0.15, 0.2) is 65.6 Å². The first kappa shape index (κ1) is 22.7. The van der Waals surface area contributed by atoms with E-state index < -0.39 is 10.0 Å². The third-order valence-corrected chi connectivity index (χ3v) is 7.10. The van der Waals surface area contributed by atoms with Crippen LogP contribution >= 0.6 is 0 Å². The van der Waals surface area contributed by atoms with Crippen LogP contribution in [0.3, 0.4) is 0 Å². The average Bonchev–Trinajstić information content (AvgIpc) is 2.80. The average molecular weight is 459 g/mol. The van der Waals surface area contributed by atoms with Crippen LogP contribution in [0.1, 0.15) is 18.5 Å². The molecule has 32 heavy (non-hydrogen) atoms. The third-order valence-electron chi connectivity index (χ3n) is 5.62. The highest BCUT2D eigenvalue weighted by Crippen LogP contribution is 2.31. The number of benzene rings is 3. The molecule has 0 bridgehead atoms. The summed E-state index contributed by atoms with van der Waals surface area (Å²) in [7, 11) is -3.83. The van der Waals surface area contributed by atoms with Gasteiger partial charge in [-0.3, -0.25) is 4.90 Å². The Bertz CT molecular complexity index is 1180. The zero-order valence-corrected chi connectivity index (χ0v) is 18.8. The van der Waals surface area contributed by atoms with E-state index in [1.165, 1.54) is 12.1 Å². The summed E-state index contributed by atoms with van der Waals surface area (Å²) < 4.78 is 54.4. The number of fused-ring (bicyclic) bond motifs is 1. The van der Waals surface area contributed by atoms with E-state index in [1.54, 1.807) is 30.3 Å². The van der Waals surface area contributed by atoms with E-state index in [0.717, 1.165) is 10.9 Å². The Morgan fingerprint density at radius 3 is 2.53 bits per heavy atom. The number of hydrogen-bond donors (Lipinski definition) is 1. The molecule has 0 amide bonds. The van der Waals surface area contributed by atoms with Crippen molar-refractivity contribution in [2.75, 3.05) is 39.5 Å². The van der Waals surface area contributed by atoms with Crippen LogP contribution < -0.4 is 9.46 Å². The molecular weight excluding hydrogens is 431 g/mol. The highest BCUT2D eigenvalue weighted by Gasteiger charge is 2.26. The summed E-state index contributed by atoms with van der Waals surface area (Å²) >= 11 is 0. The minimum atomic E-state index is -3.83. The summed E-state index contributed by atoms with van der Waals surface area (Å²) in [6.07, 6.45) is 0. The van der Waals surface area contributed by atoms with Crippen molar-refractivity contribution in [1.29, 1.82) is 0 Å². The molecule has 3 aromatic carbocycles. The van der Waals surface area contributed by atoms with Crippen molar-refractivity contribution >= 4 is 20.8 Å². The number of ether oxygens (including phenoxy) is 2. The smallest absolute Gasteiger partial charge is 0.241 e. The van der Waals surface area contributed by atoms with Crippen LogP contribution in [0.2, 0.25) is 0 Å². The van der Waals surface area contributed by atoms with Gasteiger partial charge in [-0.15, -0.1) is 0 Å². The van der Waals surface area contributed by atoms with Gasteiger partial charge >= 0.3 is 0 Å². The van der Waals surface area contributed by atoms with E-state index in [1.807, 2.05) is 25.1 Å². The fourth-order valence-electron chi connectivity index (χ4n) is 4.09. The van der Waals surface area contributed by atoms with Crippen molar-refractivity contribution in [1.82, 2.24) is 9.62 Å². The molecule has 0 saturated carbocycles. The van der Waals surface area contributed by atoms with Gasteiger partial charge < -0.3 is 9.47 Å². The van der Waals surface area contributed by atoms with Gasteiger partial charge in [-0.1, -0.05) is 36.4 Å². The lowest BCUT2D eigenvalue weighted by molar-refractivity contribution is 0.0171. The molecule has 0 aliphatic carbocycles. The normalized spacial score (nSPS) is 16.2. The SMILES string of the molecule is CCOc1ccc(S(=O)(=O)NCC(c2cccc(F)c2)N2CCOCC2)c2ccccc12. The largest absolute Gasteiger partial charge is 0.493 e. The molecule has 1 heterocycles. The molecule has 6 nitrogen and oxygen atoms in total. The Hall–Kier alpha value is -2.52. The fourth-order valence-corrected chi connectivity index (χ4v) is 5.33. The standard InChI is InChI=1S/C24H27FN2O4S/c1-2-31-23-10-11-24(21-9-4-3-8-20(21)23)32(28,29)26-17-22(27-12-14-30-15-13-27)18-6-5-7-19(25)16-18/h3-11,16,22,26H,2,12-15,17H2,1H3. The first-order valence-corrected chi connectivity index (χ1v) is 12.2. The van der Waals surface area contributed by atoms with Crippen molar-refractivity contribution in [2.24, 2.45) is 0 Å². The summed E-state index contributed by atoms with van der Waals surface area (Å²) in [6, 6.07) is 16.5. The fraction of sp³-hybridized carbons (Fsp3) is 0.333. The number of halogens is 1. The molecular formula is C24H27FN2O4S. The first-order chi connectivity index (χ1) is 15.5. The van der Waals surface area contributed by atoms with Crippen LogP contribution in [0.25, 0.3) is 10.8 Å². The minimum absolute atomic E-state index is 0.118. The topological polar surface area (TPSA) is 67.9 Å². The van der Waals surface area contributed by atoms with Gasteiger partial charge in [0, 0.05) is 36.4 Å². The van der Waals surface area contributed by atoms with Crippen molar-refractivity contribution in [3.8, 4) is 5.75 Å². The van der Waals surface area contributed by atoms with Crippen molar-refractivity contribution in [3.63, 3.8) is 0 Å². The molecule has 1 saturated heterocycles. The van der Waals surface area contributed by atoms with E-state index in [-0.39, 0.29) is 23.3 Å². The predicted molar refractivity (Wildman–Crippen MR) is 122 cm³/mol. The highest BCUT2D eigenvalue weighted by atomic mass is 32.2. The molecule has 1 fully saturated rings. The maximum absolute atomic E-state index is 13.9. The molecule has 1 atom stereocenters. The number of nitrogens with zero attached hydrogens (tertiary/aromatic N) is 1. The zero-order valence-electron chi connectivity index (χ0n) is 18.0. The van der Waals surface area contributed by atoms with Crippen LogP contribution in [0.5, 0.6) is 5.75 Å². The highest BCUT2D eigenvalue weighted by molar-refractivity contribution is 7.89. The van der Waals surface area contributed by atoms with Gasteiger partial charge in [-0.25, -0.2) is 17.5 Å². The molecule has 1 aliphatic heterocycles. The Kier molecular flexibility index (Phi) is 7.05. The molecule has 0 radical (unpaired) electrons. The zero-order chi connectivity index (χ0) is 22.6. The second kappa shape index (κ2) is 9.95. The Balaban J connectivity index is 1.64. The van der Waals surface area contributed by atoms with Crippen LogP contribution in [0.4, 0.5) is 4.39 Å². The van der Waals surface area contributed by atoms with Gasteiger partial charge in [-0.2, -0.15) is 0 Å². The summed E-state index contributed by atoms with van der Waals surface area (Å²) in [5, 5.41) is 1.34. The summed E-state index contributed by atoms with van der Waals surface area (Å²) in [5.74, 6) is 0.300. The predicted octanol–water partition coefficient (Wildman–Crippen LogP) is 3.73. The first-order valence-electron chi connectivity index (χ1n) is 10.7. The monoisotopic (exact) mass is 458 g/mol. The van der Waals surface area contributed by atoms with Crippen LogP contribution in [-0.4, -0.2) is 52.8 Å². The second-order valence-corrected chi connectivity index (χ2v) is 9.35. The maximum atomic E-state index is 13.9. The van der Waals surface area contributed by atoms with Crippen molar-refractivity contribution in [2.45, 2.75) is 17.9 Å². The van der Waals surface area contributed by atoms with E-state index >= 15 is 0 Å². The number of sulfonamides is 1. The lowest BCUT2D eigenvalue weighted by atomic mass is 10.0. The lowest BCUT2D eigenvalue weighted by Crippen LogP contribution is -2.43. The van der Waals surface area contributed by atoms with E-state index in [4.69, 9.17) is 9.47 Å². The summed E-state index contributed by atoms with van der Waals surface area (Å²) in [5.41, 5.74) is 0.728. The number of rotatable bonds is 8. The quantitative estimate of drug-likeness (QED) is 0.557. The summed E-state index contributed by atoms with van der Waals surface area (Å²) in [4.78, 5) is 2.31. The van der Waals surface area contributed by atoms with Gasteiger partial charge in [0.05, 0.1) is 24.7 Å². The Labute approximate surface area is 188 Å². The van der Waals surface area contributed by atoms with Crippen molar-refractivity contribution < 1.29 is 22.3 Å². The lowest BCUT2D eigenvalue weighted by Gasteiger charge is -2.35. The van der Waals surface area contributed by atoms with E-state index in [2.05, 4.69) is 9.62 Å². The molecule has 1 aliphatic rings. The Morgan fingerprint density at radius 2 is 1.81 bits per heavy atom. The summed E-state index contributed by atoms with van der Waals surface area (Å²) in [6.45, 7) is 4.91. The maximum Gasteiger partial charge on any atom is 0.241 e. The molecule has 1 unspecified atom stereocenters.